The Morgan fingerprint density at radius 3 is 2.90 bits per heavy atom. The Labute approximate surface area is 124 Å². The van der Waals surface area contributed by atoms with E-state index in [0.717, 1.165) is 29.3 Å². The minimum absolute atomic E-state index is 0.0971. The highest BCUT2D eigenvalue weighted by Crippen LogP contribution is 2.30. The summed E-state index contributed by atoms with van der Waals surface area (Å²) in [6.45, 7) is 0. The lowest BCUT2D eigenvalue weighted by molar-refractivity contribution is 0.105. The number of fused-ring (bicyclic) bond motifs is 1. The Morgan fingerprint density at radius 1 is 1.30 bits per heavy atom. The predicted octanol–water partition coefficient (Wildman–Crippen LogP) is 3.47. The van der Waals surface area contributed by atoms with Crippen molar-refractivity contribution in [2.45, 2.75) is 6.42 Å². The van der Waals surface area contributed by atoms with Crippen LogP contribution in [0.25, 0.3) is 5.57 Å². The largest absolute Gasteiger partial charge is 0.286 e. The van der Waals surface area contributed by atoms with Crippen molar-refractivity contribution in [1.82, 2.24) is 4.98 Å². The van der Waals surface area contributed by atoms with Crippen LogP contribution in [0.5, 0.6) is 0 Å². The zero-order valence-corrected chi connectivity index (χ0v) is 12.4. The number of hydrogen-bond acceptors (Lipinski definition) is 5. The molecule has 2 aromatic rings. The van der Waals surface area contributed by atoms with Gasteiger partial charge in [-0.05, 0) is 23.8 Å². The summed E-state index contributed by atoms with van der Waals surface area (Å²) in [5, 5.41) is 1.92. The van der Waals surface area contributed by atoms with Gasteiger partial charge in [-0.15, -0.1) is 11.3 Å². The summed E-state index contributed by atoms with van der Waals surface area (Å²) in [7, 11) is 0. The summed E-state index contributed by atoms with van der Waals surface area (Å²) in [6.07, 6.45) is 4.42. The van der Waals surface area contributed by atoms with Gasteiger partial charge in [-0.1, -0.05) is 42.1 Å². The van der Waals surface area contributed by atoms with E-state index in [1.807, 2.05) is 30.3 Å². The fraction of sp³-hybridized carbons (Fsp3) is 0.133. The monoisotopic (exact) mass is 301 g/mol. The van der Waals surface area contributed by atoms with E-state index in [4.69, 9.17) is 0 Å². The van der Waals surface area contributed by atoms with Crippen LogP contribution in [0.3, 0.4) is 0 Å². The third kappa shape index (κ3) is 2.23. The summed E-state index contributed by atoms with van der Waals surface area (Å²) < 4.78 is 0. The van der Waals surface area contributed by atoms with Crippen molar-refractivity contribution in [2.75, 3.05) is 6.26 Å². The first kappa shape index (κ1) is 13.3. The number of allylic oxidation sites excluding steroid dienone is 2. The Kier molecular flexibility index (Phi) is 3.54. The first-order valence-corrected chi connectivity index (χ1v) is 8.18. The van der Waals surface area contributed by atoms with Gasteiger partial charge in [-0.25, -0.2) is 4.98 Å². The number of nitrogens with zero attached hydrogens (tertiary/aromatic N) is 1. The maximum atomic E-state index is 12.5. The molecule has 1 heterocycles. The second-order valence-corrected chi connectivity index (χ2v) is 5.97. The van der Waals surface area contributed by atoms with E-state index in [-0.39, 0.29) is 10.9 Å². The Balaban J connectivity index is 1.91. The Morgan fingerprint density at radius 2 is 2.10 bits per heavy atom. The lowest BCUT2D eigenvalue weighted by Crippen LogP contribution is -2.02. The molecule has 3 rings (SSSR count). The predicted molar refractivity (Wildman–Crippen MR) is 82.4 cm³/mol. The average Bonchev–Trinajstić information content (AvgIpc) is 3.12. The van der Waals surface area contributed by atoms with Gasteiger partial charge < -0.3 is 0 Å². The number of rotatable bonds is 3. The van der Waals surface area contributed by atoms with Gasteiger partial charge in [-0.2, -0.15) is 0 Å². The molecule has 3 nitrogen and oxygen atoms in total. The summed E-state index contributed by atoms with van der Waals surface area (Å²) in [5.74, 6) is -0.0971. The second kappa shape index (κ2) is 5.34. The maximum absolute atomic E-state index is 12.5. The minimum Gasteiger partial charge on any atom is -0.286 e. The topological polar surface area (TPSA) is 47.0 Å². The van der Waals surface area contributed by atoms with Crippen LogP contribution in [0.4, 0.5) is 0 Å². The number of Topliss-reactive ketones (excluding diaryl/α,β-unsaturated/α-hetero) is 1. The van der Waals surface area contributed by atoms with E-state index < -0.39 is 0 Å². The van der Waals surface area contributed by atoms with Crippen molar-refractivity contribution in [3.8, 4) is 0 Å². The van der Waals surface area contributed by atoms with Crippen LogP contribution in [0.1, 0.15) is 31.4 Å². The van der Waals surface area contributed by atoms with E-state index in [1.54, 1.807) is 11.6 Å². The quantitative estimate of drug-likeness (QED) is 0.814. The number of aromatic nitrogens is 1. The molecule has 0 bridgehead atoms. The van der Waals surface area contributed by atoms with E-state index in [2.05, 4.69) is 4.98 Å². The molecule has 0 saturated carbocycles. The van der Waals surface area contributed by atoms with Crippen molar-refractivity contribution in [3.63, 3.8) is 0 Å². The van der Waals surface area contributed by atoms with E-state index >= 15 is 0 Å². The van der Waals surface area contributed by atoms with Crippen molar-refractivity contribution in [1.29, 1.82) is 0 Å². The third-order valence-corrected chi connectivity index (χ3v) is 4.59. The molecule has 5 heteroatoms. The number of benzene rings is 1. The van der Waals surface area contributed by atoms with Gasteiger partial charge in [0.15, 0.2) is 5.01 Å². The molecule has 0 saturated heterocycles. The van der Waals surface area contributed by atoms with E-state index in [0.29, 0.717) is 16.3 Å². The standard InChI is InChI=1S/C15H11NO2S2/c1-19-15(18)12-8-20-14(16-12)13(17)11-7-6-9-4-2-3-5-10(9)11/h2-5,7-8H,6H2,1H3. The number of thioether (sulfide) groups is 1. The van der Waals surface area contributed by atoms with Gasteiger partial charge in [0, 0.05) is 11.0 Å². The van der Waals surface area contributed by atoms with E-state index in [9.17, 15) is 9.59 Å². The average molecular weight is 301 g/mol. The SMILES string of the molecule is CSC(=O)c1csc(C(=O)C2=CCc3ccccc32)n1. The van der Waals surface area contributed by atoms with Gasteiger partial charge in [0.05, 0.1) is 0 Å². The van der Waals surface area contributed by atoms with Gasteiger partial charge in [-0.3, -0.25) is 9.59 Å². The van der Waals surface area contributed by atoms with Crippen LogP contribution in [0.15, 0.2) is 35.7 Å². The molecule has 0 unspecified atom stereocenters. The van der Waals surface area contributed by atoms with Crippen molar-refractivity contribution < 1.29 is 9.59 Å². The highest BCUT2D eigenvalue weighted by atomic mass is 32.2. The Bertz CT molecular complexity index is 731. The van der Waals surface area contributed by atoms with Crippen LogP contribution < -0.4 is 0 Å². The molecule has 1 aromatic heterocycles. The molecule has 100 valence electrons. The smallest absolute Gasteiger partial charge is 0.238 e. The third-order valence-electron chi connectivity index (χ3n) is 3.17. The van der Waals surface area contributed by atoms with Crippen molar-refractivity contribution >= 4 is 39.6 Å². The zero-order valence-electron chi connectivity index (χ0n) is 10.8. The lowest BCUT2D eigenvalue weighted by atomic mass is 10.0. The molecule has 0 amide bonds. The molecule has 0 radical (unpaired) electrons. The lowest BCUT2D eigenvalue weighted by Gasteiger charge is -2.02. The van der Waals surface area contributed by atoms with Gasteiger partial charge in [0.1, 0.15) is 5.69 Å². The molecule has 1 aromatic carbocycles. The summed E-state index contributed by atoms with van der Waals surface area (Å²) in [4.78, 5) is 28.2. The zero-order chi connectivity index (χ0) is 14.1. The van der Waals surface area contributed by atoms with E-state index in [1.165, 1.54) is 11.3 Å². The normalized spacial score (nSPS) is 12.9. The summed E-state index contributed by atoms with van der Waals surface area (Å²) >= 11 is 2.33. The van der Waals surface area contributed by atoms with Gasteiger partial charge >= 0.3 is 0 Å². The highest BCUT2D eigenvalue weighted by Gasteiger charge is 2.23. The molecule has 0 atom stereocenters. The Hall–Kier alpha value is -1.72. The number of ketones is 1. The molecule has 20 heavy (non-hydrogen) atoms. The van der Waals surface area contributed by atoms with Gasteiger partial charge in [0.2, 0.25) is 10.9 Å². The number of carbonyl (C=O) groups excluding carboxylic acids is 2. The first-order valence-electron chi connectivity index (χ1n) is 6.07. The van der Waals surface area contributed by atoms with Crippen molar-refractivity contribution in [2.24, 2.45) is 0 Å². The van der Waals surface area contributed by atoms with Crippen molar-refractivity contribution in [3.05, 3.63) is 57.6 Å². The fourth-order valence-corrected chi connectivity index (χ4v) is 3.33. The number of hydrogen-bond donors (Lipinski definition) is 0. The van der Waals surface area contributed by atoms with Crippen LogP contribution in [-0.4, -0.2) is 22.1 Å². The molecule has 0 N–H and O–H groups in total. The molecular weight excluding hydrogens is 290 g/mol. The second-order valence-electron chi connectivity index (χ2n) is 4.34. The molecule has 0 spiro atoms. The molecule has 0 fully saturated rings. The first-order chi connectivity index (χ1) is 9.70. The highest BCUT2D eigenvalue weighted by molar-refractivity contribution is 8.13. The van der Waals surface area contributed by atoms with Gasteiger partial charge in [0.25, 0.3) is 0 Å². The van der Waals surface area contributed by atoms with Crippen LogP contribution in [-0.2, 0) is 6.42 Å². The fourth-order valence-electron chi connectivity index (χ4n) is 2.19. The number of carbonyl (C=O) groups is 2. The van der Waals surface area contributed by atoms with Crippen LogP contribution >= 0.6 is 23.1 Å². The minimum atomic E-state index is -0.110. The maximum Gasteiger partial charge on any atom is 0.238 e. The summed E-state index contributed by atoms with van der Waals surface area (Å²) in [5.41, 5.74) is 3.19. The summed E-state index contributed by atoms with van der Waals surface area (Å²) in [6, 6.07) is 7.87. The molecule has 1 aliphatic rings. The molecule has 0 aliphatic heterocycles. The number of thiazole rings is 1. The van der Waals surface area contributed by atoms with Crippen LogP contribution in [0.2, 0.25) is 0 Å². The molecular formula is C15H11NO2S2. The molecule has 1 aliphatic carbocycles. The van der Waals surface area contributed by atoms with Crippen LogP contribution in [0, 0.1) is 0 Å².